The van der Waals surface area contributed by atoms with E-state index in [0.717, 1.165) is 35.3 Å². The van der Waals surface area contributed by atoms with Crippen LogP contribution in [0.5, 0.6) is 5.75 Å². The van der Waals surface area contributed by atoms with Gasteiger partial charge in [-0.25, -0.2) is 4.79 Å². The highest BCUT2D eigenvalue weighted by atomic mass is 16.5. The van der Waals surface area contributed by atoms with Gasteiger partial charge in [0.1, 0.15) is 5.75 Å². The molecule has 0 saturated heterocycles. The summed E-state index contributed by atoms with van der Waals surface area (Å²) >= 11 is 0. The third kappa shape index (κ3) is 4.76. The molecule has 0 unspecified atom stereocenters. The van der Waals surface area contributed by atoms with Crippen LogP contribution in [0.25, 0.3) is 11.1 Å². The van der Waals surface area contributed by atoms with Crippen molar-refractivity contribution in [2.24, 2.45) is 0 Å². The number of benzene rings is 3. The molecule has 0 spiro atoms. The van der Waals surface area contributed by atoms with Crippen LogP contribution in [0, 0.1) is 0 Å². The average Bonchev–Trinajstić information content (AvgIpc) is 2.71. The Hall–Kier alpha value is -3.07. The molecule has 27 heavy (non-hydrogen) atoms. The molecule has 0 aliphatic rings. The van der Waals surface area contributed by atoms with Gasteiger partial charge in [-0.1, -0.05) is 67.6 Å². The lowest BCUT2D eigenvalue weighted by Gasteiger charge is -2.13. The van der Waals surface area contributed by atoms with Crippen LogP contribution in [0.2, 0.25) is 0 Å². The first kappa shape index (κ1) is 18.7. The zero-order valence-electron chi connectivity index (χ0n) is 15.5. The zero-order valence-corrected chi connectivity index (χ0v) is 15.5. The summed E-state index contributed by atoms with van der Waals surface area (Å²) in [5.74, 6) is -0.0587. The van der Waals surface area contributed by atoms with Crippen LogP contribution in [0.15, 0.2) is 72.8 Å². The number of aromatic carboxylic acids is 1. The van der Waals surface area contributed by atoms with Crippen molar-refractivity contribution in [2.75, 3.05) is 6.61 Å². The maximum absolute atomic E-state index is 11.7. The SMILES string of the molecule is CCCOc1ccccc1-c1ccc(C(=O)O)c(CCc2ccccc2)c1. The maximum atomic E-state index is 11.7. The molecule has 0 atom stereocenters. The lowest BCUT2D eigenvalue weighted by Crippen LogP contribution is -2.04. The van der Waals surface area contributed by atoms with Gasteiger partial charge in [-0.15, -0.1) is 0 Å². The summed E-state index contributed by atoms with van der Waals surface area (Å²) < 4.78 is 5.87. The van der Waals surface area contributed by atoms with Gasteiger partial charge in [0.15, 0.2) is 0 Å². The minimum absolute atomic E-state index is 0.363. The van der Waals surface area contributed by atoms with E-state index >= 15 is 0 Å². The van der Waals surface area contributed by atoms with E-state index in [2.05, 4.69) is 19.1 Å². The summed E-state index contributed by atoms with van der Waals surface area (Å²) in [6.45, 7) is 2.73. The summed E-state index contributed by atoms with van der Waals surface area (Å²) in [4.78, 5) is 11.7. The molecule has 1 N–H and O–H groups in total. The minimum atomic E-state index is -0.889. The number of para-hydroxylation sites is 1. The predicted molar refractivity (Wildman–Crippen MR) is 108 cm³/mol. The van der Waals surface area contributed by atoms with Gasteiger partial charge in [-0.3, -0.25) is 0 Å². The van der Waals surface area contributed by atoms with Gasteiger partial charge in [0.05, 0.1) is 12.2 Å². The first-order valence-corrected chi connectivity index (χ1v) is 9.31. The van der Waals surface area contributed by atoms with Crippen molar-refractivity contribution in [2.45, 2.75) is 26.2 Å². The molecule has 0 fully saturated rings. The molecule has 0 amide bonds. The maximum Gasteiger partial charge on any atom is 0.335 e. The van der Waals surface area contributed by atoms with Crippen LogP contribution in [0.4, 0.5) is 0 Å². The zero-order chi connectivity index (χ0) is 19.1. The average molecular weight is 360 g/mol. The van der Waals surface area contributed by atoms with Crippen LogP contribution in [0.3, 0.4) is 0 Å². The molecule has 0 saturated carbocycles. The first-order chi connectivity index (χ1) is 13.2. The highest BCUT2D eigenvalue weighted by Crippen LogP contribution is 2.31. The Morgan fingerprint density at radius 3 is 2.41 bits per heavy atom. The molecule has 0 heterocycles. The van der Waals surface area contributed by atoms with Gasteiger partial charge in [-0.2, -0.15) is 0 Å². The molecule has 138 valence electrons. The van der Waals surface area contributed by atoms with E-state index in [-0.39, 0.29) is 0 Å². The van der Waals surface area contributed by atoms with Gasteiger partial charge in [0.25, 0.3) is 0 Å². The predicted octanol–water partition coefficient (Wildman–Crippen LogP) is 5.63. The van der Waals surface area contributed by atoms with Crippen LogP contribution >= 0.6 is 0 Å². The first-order valence-electron chi connectivity index (χ1n) is 9.31. The van der Waals surface area contributed by atoms with Crippen molar-refractivity contribution >= 4 is 5.97 Å². The van der Waals surface area contributed by atoms with E-state index in [0.29, 0.717) is 18.6 Å². The summed E-state index contributed by atoms with van der Waals surface area (Å²) in [7, 11) is 0. The van der Waals surface area contributed by atoms with E-state index < -0.39 is 5.97 Å². The number of carboxylic acids is 1. The number of hydrogen-bond donors (Lipinski definition) is 1. The number of hydrogen-bond acceptors (Lipinski definition) is 2. The van der Waals surface area contributed by atoms with Crippen LogP contribution in [-0.2, 0) is 12.8 Å². The van der Waals surface area contributed by atoms with Gasteiger partial charge in [0, 0.05) is 5.56 Å². The number of carboxylic acid groups (broad SMARTS) is 1. The highest BCUT2D eigenvalue weighted by molar-refractivity contribution is 5.90. The molecule has 0 bridgehead atoms. The lowest BCUT2D eigenvalue weighted by molar-refractivity contribution is 0.0695. The van der Waals surface area contributed by atoms with E-state index in [1.807, 2.05) is 54.6 Å². The Kier molecular flexibility index (Phi) is 6.26. The van der Waals surface area contributed by atoms with Crippen molar-refractivity contribution in [3.63, 3.8) is 0 Å². The summed E-state index contributed by atoms with van der Waals surface area (Å²) in [6, 6.07) is 23.6. The van der Waals surface area contributed by atoms with Crippen molar-refractivity contribution < 1.29 is 14.6 Å². The topological polar surface area (TPSA) is 46.5 Å². The van der Waals surface area contributed by atoms with Crippen molar-refractivity contribution in [1.29, 1.82) is 0 Å². The minimum Gasteiger partial charge on any atom is -0.493 e. The fourth-order valence-electron chi connectivity index (χ4n) is 3.14. The van der Waals surface area contributed by atoms with Crippen LogP contribution in [-0.4, -0.2) is 17.7 Å². The Morgan fingerprint density at radius 2 is 1.67 bits per heavy atom. The molecule has 3 aromatic carbocycles. The molecule has 0 aliphatic heterocycles. The van der Waals surface area contributed by atoms with Gasteiger partial charge >= 0.3 is 5.97 Å². The molecule has 3 aromatic rings. The van der Waals surface area contributed by atoms with E-state index in [4.69, 9.17) is 4.74 Å². The molecular weight excluding hydrogens is 336 g/mol. The standard InChI is InChI=1S/C24H24O3/c1-2-16-27-23-11-7-6-10-21(23)19-14-15-22(24(25)26)20(17-19)13-12-18-8-4-3-5-9-18/h3-11,14-15,17H,2,12-13,16H2,1H3,(H,25,26). The molecule has 0 aromatic heterocycles. The normalized spacial score (nSPS) is 10.6. The Labute approximate surface area is 160 Å². The number of rotatable bonds is 8. The second-order valence-electron chi connectivity index (χ2n) is 6.51. The quantitative estimate of drug-likeness (QED) is 0.566. The molecule has 3 rings (SSSR count). The van der Waals surface area contributed by atoms with Crippen molar-refractivity contribution in [1.82, 2.24) is 0 Å². The fourth-order valence-corrected chi connectivity index (χ4v) is 3.14. The summed E-state index contributed by atoms with van der Waals surface area (Å²) in [5, 5.41) is 9.57. The monoisotopic (exact) mass is 360 g/mol. The van der Waals surface area contributed by atoms with E-state index in [1.54, 1.807) is 6.07 Å². The third-order valence-corrected chi connectivity index (χ3v) is 4.52. The smallest absolute Gasteiger partial charge is 0.335 e. The molecular formula is C24H24O3. The van der Waals surface area contributed by atoms with E-state index in [9.17, 15) is 9.90 Å². The van der Waals surface area contributed by atoms with Crippen LogP contribution < -0.4 is 4.74 Å². The number of ether oxygens (including phenoxy) is 1. The Balaban J connectivity index is 1.93. The molecule has 0 aliphatic carbocycles. The fraction of sp³-hybridized carbons (Fsp3) is 0.208. The second kappa shape index (κ2) is 9.04. The van der Waals surface area contributed by atoms with Gasteiger partial charge < -0.3 is 9.84 Å². The Morgan fingerprint density at radius 1 is 0.926 bits per heavy atom. The van der Waals surface area contributed by atoms with Crippen molar-refractivity contribution in [3.05, 3.63) is 89.5 Å². The van der Waals surface area contributed by atoms with Crippen LogP contribution in [0.1, 0.15) is 34.8 Å². The third-order valence-electron chi connectivity index (χ3n) is 4.52. The van der Waals surface area contributed by atoms with Gasteiger partial charge in [0.2, 0.25) is 0 Å². The highest BCUT2D eigenvalue weighted by Gasteiger charge is 2.13. The van der Waals surface area contributed by atoms with Gasteiger partial charge in [-0.05, 0) is 48.1 Å². The van der Waals surface area contributed by atoms with Crippen molar-refractivity contribution in [3.8, 4) is 16.9 Å². The number of carbonyl (C=O) groups is 1. The molecule has 3 nitrogen and oxygen atoms in total. The Bertz CT molecular complexity index is 901. The summed E-state index contributed by atoms with van der Waals surface area (Å²) in [5.41, 5.74) is 4.38. The summed E-state index contributed by atoms with van der Waals surface area (Å²) in [6.07, 6.45) is 2.42. The van der Waals surface area contributed by atoms with E-state index in [1.165, 1.54) is 5.56 Å². The molecule has 3 heteroatoms. The lowest BCUT2D eigenvalue weighted by atomic mass is 9.94. The number of aryl methyl sites for hydroxylation is 2. The largest absolute Gasteiger partial charge is 0.493 e. The second-order valence-corrected chi connectivity index (χ2v) is 6.51. The molecule has 0 radical (unpaired) electrons.